The van der Waals surface area contributed by atoms with Gasteiger partial charge in [-0.15, -0.1) is 0 Å². The highest BCUT2D eigenvalue weighted by molar-refractivity contribution is 8.18. The van der Waals surface area contributed by atoms with E-state index in [1.165, 1.54) is 0 Å². The number of hydrogen-bond acceptors (Lipinski definition) is 8. The van der Waals surface area contributed by atoms with Crippen molar-refractivity contribution in [2.24, 2.45) is 5.10 Å². The van der Waals surface area contributed by atoms with E-state index in [1.54, 1.807) is 12.1 Å². The molecule has 0 aliphatic carbocycles. The smallest absolute Gasteiger partial charge is 0.337 e. The fraction of sp³-hybridized carbons (Fsp3) is 0.111. The lowest BCUT2D eigenvalue weighted by atomic mass is 9.96. The number of rotatable bonds is 4. The molecule has 0 radical (unpaired) electrons. The number of carbonyl (C=O) groups excluding carboxylic acids is 3. The fourth-order valence-electron chi connectivity index (χ4n) is 4.43. The van der Waals surface area contributed by atoms with Gasteiger partial charge in [0.2, 0.25) is 6.23 Å². The molecule has 1 N–H and O–H groups in total. The largest absolute Gasteiger partial charge is 0.464 e. The molecular weight excluding hydrogens is 478 g/mol. The minimum Gasteiger partial charge on any atom is -0.464 e. The molecule has 3 aromatic carbocycles. The number of nitrogens with one attached hydrogen (secondary N) is 1. The number of fused-ring (bicyclic) bond motifs is 3. The summed E-state index contributed by atoms with van der Waals surface area (Å²) in [5.41, 5.74) is 4.02. The molecule has 0 spiro atoms. The predicted molar refractivity (Wildman–Crippen MR) is 133 cm³/mol. The standard InChI is InChI=1S/C27H19N3O5S/c31-24(15-23-25(32)28-27(33)36-23)34-18-12-10-17(11-13-18)26-30-21(19-8-4-5-9-22(19)35-26)14-20(29-30)16-6-2-1-3-7-16/h1-13,15,21,26H,14H2,(H,28,32,33)/b23-15-/t21-,26+/m1/s1. The highest BCUT2D eigenvalue weighted by atomic mass is 32.2. The zero-order chi connectivity index (χ0) is 24.6. The van der Waals surface area contributed by atoms with Crippen LogP contribution in [0.2, 0.25) is 0 Å². The Labute approximate surface area is 210 Å². The summed E-state index contributed by atoms with van der Waals surface area (Å²) in [5.74, 6) is -0.229. The van der Waals surface area contributed by atoms with E-state index in [2.05, 4.69) is 23.5 Å². The average Bonchev–Trinajstić information content (AvgIpc) is 3.47. The quantitative estimate of drug-likeness (QED) is 0.317. The summed E-state index contributed by atoms with van der Waals surface area (Å²) in [6, 6.07) is 25.1. The summed E-state index contributed by atoms with van der Waals surface area (Å²) in [6.07, 6.45) is 1.32. The van der Waals surface area contributed by atoms with Crippen molar-refractivity contribution in [3.63, 3.8) is 0 Å². The Morgan fingerprint density at radius 2 is 1.78 bits per heavy atom. The Bertz CT molecular complexity index is 1440. The van der Waals surface area contributed by atoms with Gasteiger partial charge in [0.05, 0.1) is 16.7 Å². The third-order valence-corrected chi connectivity index (χ3v) is 6.89. The first kappa shape index (κ1) is 22.1. The molecular formula is C27H19N3O5S. The molecule has 3 aromatic rings. The number of hydrazone groups is 1. The van der Waals surface area contributed by atoms with Crippen molar-refractivity contribution in [3.05, 3.63) is 107 Å². The zero-order valence-electron chi connectivity index (χ0n) is 18.8. The predicted octanol–water partition coefficient (Wildman–Crippen LogP) is 4.70. The number of thioether (sulfide) groups is 1. The minimum absolute atomic E-state index is 0.00282. The molecule has 8 nitrogen and oxygen atoms in total. The number of ether oxygens (including phenoxy) is 2. The van der Waals surface area contributed by atoms with Crippen LogP contribution in [-0.4, -0.2) is 27.8 Å². The molecule has 0 aromatic heterocycles. The van der Waals surface area contributed by atoms with E-state index in [1.807, 2.05) is 53.5 Å². The monoisotopic (exact) mass is 497 g/mol. The molecule has 0 saturated carbocycles. The Morgan fingerprint density at radius 1 is 1.03 bits per heavy atom. The SMILES string of the molecule is O=C(/C=C1\SC(=O)NC1=O)Oc1ccc([C@@H]2Oc3ccccc3[C@H]3CC(c4ccccc4)=NN32)cc1. The van der Waals surface area contributed by atoms with E-state index in [0.717, 1.165) is 40.6 Å². The lowest BCUT2D eigenvalue weighted by Crippen LogP contribution is -2.33. The second-order valence-corrected chi connectivity index (χ2v) is 9.38. The second kappa shape index (κ2) is 9.01. The maximum absolute atomic E-state index is 12.2. The van der Waals surface area contributed by atoms with Gasteiger partial charge < -0.3 is 9.47 Å². The van der Waals surface area contributed by atoms with Crippen molar-refractivity contribution in [2.75, 3.05) is 0 Å². The van der Waals surface area contributed by atoms with E-state index in [9.17, 15) is 14.4 Å². The Hall–Kier alpha value is -4.37. The van der Waals surface area contributed by atoms with Gasteiger partial charge in [-0.2, -0.15) is 5.10 Å². The number of hydrogen-bond donors (Lipinski definition) is 1. The number of amides is 2. The molecule has 2 atom stereocenters. The van der Waals surface area contributed by atoms with Crippen LogP contribution < -0.4 is 14.8 Å². The Morgan fingerprint density at radius 3 is 2.53 bits per heavy atom. The Kier molecular flexibility index (Phi) is 5.54. The minimum atomic E-state index is -0.741. The molecule has 1 saturated heterocycles. The molecule has 36 heavy (non-hydrogen) atoms. The highest BCUT2D eigenvalue weighted by Gasteiger charge is 2.40. The van der Waals surface area contributed by atoms with Crippen LogP contribution in [0.4, 0.5) is 4.79 Å². The van der Waals surface area contributed by atoms with Gasteiger partial charge in [-0.3, -0.25) is 14.9 Å². The van der Waals surface area contributed by atoms with Crippen LogP contribution in [-0.2, 0) is 9.59 Å². The molecule has 178 valence electrons. The topological polar surface area (TPSA) is 97.3 Å². The maximum atomic E-state index is 12.2. The van der Waals surface area contributed by atoms with Crippen LogP contribution in [0.5, 0.6) is 11.5 Å². The Balaban J connectivity index is 1.25. The van der Waals surface area contributed by atoms with Crippen molar-refractivity contribution < 1.29 is 23.9 Å². The second-order valence-electron chi connectivity index (χ2n) is 8.36. The molecule has 0 bridgehead atoms. The summed E-state index contributed by atoms with van der Waals surface area (Å²) in [5, 5.41) is 8.51. The molecule has 2 amide bonds. The molecule has 9 heteroatoms. The molecule has 3 aliphatic rings. The van der Waals surface area contributed by atoms with Gasteiger partial charge in [0.15, 0.2) is 0 Å². The molecule has 3 aliphatic heterocycles. The number of benzene rings is 3. The summed E-state index contributed by atoms with van der Waals surface area (Å²) < 4.78 is 11.7. The lowest BCUT2D eigenvalue weighted by Gasteiger charge is -2.38. The lowest BCUT2D eigenvalue weighted by molar-refractivity contribution is -0.129. The summed E-state index contributed by atoms with van der Waals surface area (Å²) in [4.78, 5) is 35.1. The number of carbonyl (C=O) groups is 3. The molecule has 1 fully saturated rings. The van der Waals surface area contributed by atoms with Gasteiger partial charge in [-0.25, -0.2) is 9.80 Å². The van der Waals surface area contributed by atoms with Crippen LogP contribution in [0.15, 0.2) is 94.9 Å². The zero-order valence-corrected chi connectivity index (χ0v) is 19.6. The number of para-hydroxylation sites is 1. The number of nitrogens with zero attached hydrogens (tertiary/aromatic N) is 2. The van der Waals surface area contributed by atoms with Crippen molar-refractivity contribution in [2.45, 2.75) is 18.7 Å². The van der Waals surface area contributed by atoms with Crippen molar-refractivity contribution >= 4 is 34.6 Å². The van der Waals surface area contributed by atoms with Crippen LogP contribution in [0.1, 0.15) is 35.4 Å². The van der Waals surface area contributed by atoms with Crippen molar-refractivity contribution in [3.8, 4) is 11.5 Å². The first-order valence-corrected chi connectivity index (χ1v) is 12.1. The third kappa shape index (κ3) is 4.14. The fourth-order valence-corrected chi connectivity index (χ4v) is 5.08. The van der Waals surface area contributed by atoms with E-state index >= 15 is 0 Å². The first-order chi connectivity index (χ1) is 17.5. The van der Waals surface area contributed by atoms with Gasteiger partial charge >= 0.3 is 5.97 Å². The van der Waals surface area contributed by atoms with E-state index in [4.69, 9.17) is 14.6 Å². The molecule has 3 heterocycles. The third-order valence-electron chi connectivity index (χ3n) is 6.08. The van der Waals surface area contributed by atoms with Gasteiger partial charge in [0, 0.05) is 23.6 Å². The number of esters is 1. The van der Waals surface area contributed by atoms with E-state index in [-0.39, 0.29) is 10.9 Å². The number of imide groups is 1. The van der Waals surface area contributed by atoms with Crippen LogP contribution >= 0.6 is 11.8 Å². The maximum Gasteiger partial charge on any atom is 0.337 e. The highest BCUT2D eigenvalue weighted by Crippen LogP contribution is 2.47. The van der Waals surface area contributed by atoms with Crippen LogP contribution in [0.3, 0.4) is 0 Å². The normalized spacial score (nSPS) is 21.4. The first-order valence-electron chi connectivity index (χ1n) is 11.3. The van der Waals surface area contributed by atoms with Crippen molar-refractivity contribution in [1.29, 1.82) is 0 Å². The summed E-state index contributed by atoms with van der Waals surface area (Å²) in [6.45, 7) is 0. The van der Waals surface area contributed by atoms with Gasteiger partial charge in [0.25, 0.3) is 11.1 Å². The van der Waals surface area contributed by atoms with Crippen LogP contribution in [0.25, 0.3) is 0 Å². The van der Waals surface area contributed by atoms with Gasteiger partial charge in [-0.05, 0) is 47.7 Å². The van der Waals surface area contributed by atoms with E-state index < -0.39 is 23.3 Å². The van der Waals surface area contributed by atoms with Crippen LogP contribution in [0, 0.1) is 0 Å². The van der Waals surface area contributed by atoms with Gasteiger partial charge in [-0.1, -0.05) is 48.5 Å². The van der Waals surface area contributed by atoms with Crippen molar-refractivity contribution in [1.82, 2.24) is 10.3 Å². The van der Waals surface area contributed by atoms with Gasteiger partial charge in [0.1, 0.15) is 11.5 Å². The molecule has 0 unspecified atom stereocenters. The summed E-state index contributed by atoms with van der Waals surface area (Å²) in [7, 11) is 0. The summed E-state index contributed by atoms with van der Waals surface area (Å²) >= 11 is 0.662. The molecule has 6 rings (SSSR count). The average molecular weight is 498 g/mol. The van der Waals surface area contributed by atoms with E-state index in [0.29, 0.717) is 17.5 Å².